The second kappa shape index (κ2) is 7.66. The largest absolute Gasteiger partial charge is 0.393 e. The zero-order valence-electron chi connectivity index (χ0n) is 13.0. The Kier molecular flexibility index (Phi) is 5.36. The van der Waals surface area contributed by atoms with Gasteiger partial charge in [0.25, 0.3) is 5.91 Å². The molecule has 0 aromatic heterocycles. The van der Waals surface area contributed by atoms with Gasteiger partial charge in [0.05, 0.1) is 6.10 Å². The van der Waals surface area contributed by atoms with Crippen molar-refractivity contribution < 1.29 is 9.90 Å². The topological polar surface area (TPSA) is 40.5 Å². The van der Waals surface area contributed by atoms with Gasteiger partial charge in [-0.3, -0.25) is 4.79 Å². The summed E-state index contributed by atoms with van der Waals surface area (Å²) in [4.78, 5) is 15.4. The molecule has 0 radical (unpaired) electrons. The van der Waals surface area contributed by atoms with Crippen molar-refractivity contribution in [3.63, 3.8) is 0 Å². The first-order chi connectivity index (χ1) is 11.2. The molecule has 0 spiro atoms. The summed E-state index contributed by atoms with van der Waals surface area (Å²) < 4.78 is 0. The fourth-order valence-corrected chi connectivity index (χ4v) is 3.54. The summed E-state index contributed by atoms with van der Waals surface area (Å²) >= 11 is 1.77. The Bertz CT molecular complexity index is 634. The molecule has 0 saturated carbocycles. The molecule has 1 fully saturated rings. The van der Waals surface area contributed by atoms with Crippen LogP contribution in [-0.4, -0.2) is 35.1 Å². The minimum Gasteiger partial charge on any atom is -0.393 e. The van der Waals surface area contributed by atoms with E-state index < -0.39 is 0 Å². The van der Waals surface area contributed by atoms with Gasteiger partial charge >= 0.3 is 0 Å². The lowest BCUT2D eigenvalue weighted by molar-refractivity contribution is 0.0546. The summed E-state index contributed by atoms with van der Waals surface area (Å²) in [5.41, 5.74) is 2.02. The van der Waals surface area contributed by atoms with E-state index in [2.05, 4.69) is 12.1 Å². The van der Waals surface area contributed by atoms with Crippen LogP contribution in [0.3, 0.4) is 0 Å². The number of aliphatic hydroxyl groups excluding tert-OH is 1. The van der Waals surface area contributed by atoms with Crippen LogP contribution in [0.4, 0.5) is 0 Å². The maximum atomic E-state index is 12.4. The Morgan fingerprint density at radius 1 is 1.04 bits per heavy atom. The number of carbonyl (C=O) groups excluding carboxylic acids is 1. The summed E-state index contributed by atoms with van der Waals surface area (Å²) in [6, 6.07) is 18.2. The maximum absolute atomic E-state index is 12.4. The number of piperidine rings is 1. The van der Waals surface area contributed by atoms with E-state index in [-0.39, 0.29) is 12.0 Å². The van der Waals surface area contributed by atoms with Crippen molar-refractivity contribution in [2.75, 3.05) is 13.1 Å². The number of nitrogens with zero attached hydrogens (tertiary/aromatic N) is 1. The number of amides is 1. The molecule has 1 N–H and O–H groups in total. The van der Waals surface area contributed by atoms with Gasteiger partial charge in [-0.15, -0.1) is 11.8 Å². The predicted molar refractivity (Wildman–Crippen MR) is 93.6 cm³/mol. The SMILES string of the molecule is O=C(c1ccc(SCc2ccccc2)cc1)N1CCC(O)CC1. The second-order valence-corrected chi connectivity index (χ2v) is 6.87. The van der Waals surface area contributed by atoms with Gasteiger partial charge in [0.1, 0.15) is 0 Å². The fraction of sp³-hybridized carbons (Fsp3) is 0.316. The van der Waals surface area contributed by atoms with Crippen LogP contribution in [0, 0.1) is 0 Å². The molecule has 4 heteroatoms. The Hall–Kier alpha value is -1.78. The second-order valence-electron chi connectivity index (χ2n) is 5.82. The third-order valence-electron chi connectivity index (χ3n) is 4.10. The number of rotatable bonds is 4. The molecular weight excluding hydrogens is 306 g/mol. The molecule has 23 heavy (non-hydrogen) atoms. The minimum atomic E-state index is -0.254. The Morgan fingerprint density at radius 2 is 1.70 bits per heavy atom. The first kappa shape index (κ1) is 16.1. The molecular formula is C19H21NO2S. The van der Waals surface area contributed by atoms with E-state index in [4.69, 9.17) is 0 Å². The van der Waals surface area contributed by atoms with E-state index in [1.165, 1.54) is 10.5 Å². The molecule has 2 aromatic carbocycles. The van der Waals surface area contributed by atoms with E-state index in [1.807, 2.05) is 47.4 Å². The van der Waals surface area contributed by atoms with Gasteiger partial charge in [-0.1, -0.05) is 30.3 Å². The van der Waals surface area contributed by atoms with Gasteiger partial charge in [-0.05, 0) is 42.7 Å². The quantitative estimate of drug-likeness (QED) is 0.873. The van der Waals surface area contributed by atoms with Crippen molar-refractivity contribution in [2.45, 2.75) is 29.6 Å². The zero-order chi connectivity index (χ0) is 16.1. The third kappa shape index (κ3) is 4.36. The highest BCUT2D eigenvalue weighted by Crippen LogP contribution is 2.23. The van der Waals surface area contributed by atoms with Crippen molar-refractivity contribution in [3.8, 4) is 0 Å². The van der Waals surface area contributed by atoms with E-state index >= 15 is 0 Å². The number of benzene rings is 2. The lowest BCUT2D eigenvalue weighted by Crippen LogP contribution is -2.40. The molecule has 1 saturated heterocycles. The van der Waals surface area contributed by atoms with E-state index in [9.17, 15) is 9.90 Å². The van der Waals surface area contributed by atoms with E-state index in [0.29, 0.717) is 25.9 Å². The standard InChI is InChI=1S/C19H21NO2S/c21-17-10-12-20(13-11-17)19(22)16-6-8-18(9-7-16)23-14-15-4-2-1-3-5-15/h1-9,17,21H,10-14H2. The molecule has 0 atom stereocenters. The van der Waals surface area contributed by atoms with Gasteiger partial charge in [-0.25, -0.2) is 0 Å². The van der Waals surface area contributed by atoms with Gasteiger partial charge < -0.3 is 10.0 Å². The average Bonchev–Trinajstić information content (AvgIpc) is 2.61. The van der Waals surface area contributed by atoms with Crippen molar-refractivity contribution in [1.29, 1.82) is 0 Å². The molecule has 0 bridgehead atoms. The third-order valence-corrected chi connectivity index (χ3v) is 5.18. The number of carbonyl (C=O) groups is 1. The fourth-order valence-electron chi connectivity index (χ4n) is 2.69. The molecule has 3 nitrogen and oxygen atoms in total. The monoisotopic (exact) mass is 327 g/mol. The summed E-state index contributed by atoms with van der Waals surface area (Å²) in [6.07, 6.45) is 1.10. The number of hydrogen-bond acceptors (Lipinski definition) is 3. The summed E-state index contributed by atoms with van der Waals surface area (Å²) in [6.45, 7) is 1.29. The van der Waals surface area contributed by atoms with Crippen molar-refractivity contribution in [3.05, 3.63) is 65.7 Å². The van der Waals surface area contributed by atoms with Crippen molar-refractivity contribution in [1.82, 2.24) is 4.90 Å². The van der Waals surface area contributed by atoms with Crippen LogP contribution in [0.5, 0.6) is 0 Å². The molecule has 1 amide bonds. The first-order valence-electron chi connectivity index (χ1n) is 7.96. The minimum absolute atomic E-state index is 0.0662. The molecule has 2 aromatic rings. The highest BCUT2D eigenvalue weighted by Gasteiger charge is 2.22. The number of aliphatic hydroxyl groups is 1. The molecule has 1 aliphatic rings. The first-order valence-corrected chi connectivity index (χ1v) is 8.95. The normalized spacial score (nSPS) is 15.6. The van der Waals surface area contributed by atoms with Gasteiger partial charge in [0.15, 0.2) is 0 Å². The van der Waals surface area contributed by atoms with E-state index in [1.54, 1.807) is 11.8 Å². The van der Waals surface area contributed by atoms with Crippen LogP contribution in [0.25, 0.3) is 0 Å². The van der Waals surface area contributed by atoms with Crippen LogP contribution in [0.15, 0.2) is 59.5 Å². The molecule has 3 rings (SSSR count). The van der Waals surface area contributed by atoms with Crippen LogP contribution in [0.1, 0.15) is 28.8 Å². The lowest BCUT2D eigenvalue weighted by atomic mass is 10.1. The van der Waals surface area contributed by atoms with Gasteiger partial charge in [0, 0.05) is 29.3 Å². The highest BCUT2D eigenvalue weighted by atomic mass is 32.2. The van der Waals surface area contributed by atoms with Crippen LogP contribution in [0.2, 0.25) is 0 Å². The Morgan fingerprint density at radius 3 is 2.35 bits per heavy atom. The summed E-state index contributed by atoms with van der Waals surface area (Å²) in [5, 5.41) is 9.53. The molecule has 1 heterocycles. The summed E-state index contributed by atoms with van der Waals surface area (Å²) in [7, 11) is 0. The van der Waals surface area contributed by atoms with Gasteiger partial charge in [-0.2, -0.15) is 0 Å². The predicted octanol–water partition coefficient (Wildman–Crippen LogP) is 3.58. The van der Waals surface area contributed by atoms with Crippen molar-refractivity contribution in [2.24, 2.45) is 0 Å². The van der Waals surface area contributed by atoms with Gasteiger partial charge in [0.2, 0.25) is 0 Å². The average molecular weight is 327 g/mol. The molecule has 0 unspecified atom stereocenters. The Labute approximate surface area is 141 Å². The maximum Gasteiger partial charge on any atom is 0.253 e. The Balaban J connectivity index is 1.57. The summed E-state index contributed by atoms with van der Waals surface area (Å²) in [5.74, 6) is 0.995. The van der Waals surface area contributed by atoms with Crippen LogP contribution in [-0.2, 0) is 5.75 Å². The number of hydrogen-bond donors (Lipinski definition) is 1. The molecule has 0 aliphatic carbocycles. The van der Waals surface area contributed by atoms with Crippen molar-refractivity contribution >= 4 is 17.7 Å². The molecule has 120 valence electrons. The number of likely N-dealkylation sites (tertiary alicyclic amines) is 1. The van der Waals surface area contributed by atoms with Crippen LogP contribution < -0.4 is 0 Å². The molecule has 1 aliphatic heterocycles. The lowest BCUT2D eigenvalue weighted by Gasteiger charge is -2.29. The van der Waals surface area contributed by atoms with E-state index in [0.717, 1.165) is 11.3 Å². The smallest absolute Gasteiger partial charge is 0.253 e. The highest BCUT2D eigenvalue weighted by molar-refractivity contribution is 7.98. The van der Waals surface area contributed by atoms with Crippen LogP contribution >= 0.6 is 11.8 Å². The zero-order valence-corrected chi connectivity index (χ0v) is 13.8. The number of thioether (sulfide) groups is 1.